The van der Waals surface area contributed by atoms with Crippen molar-refractivity contribution in [3.8, 4) is 5.75 Å². The zero-order chi connectivity index (χ0) is 27.7. The van der Waals surface area contributed by atoms with E-state index in [0.29, 0.717) is 50.1 Å². The number of H-pyrrole nitrogens is 1. The van der Waals surface area contributed by atoms with Gasteiger partial charge in [0.25, 0.3) is 0 Å². The predicted molar refractivity (Wildman–Crippen MR) is 149 cm³/mol. The molecule has 3 amide bonds. The van der Waals surface area contributed by atoms with Crippen LogP contribution in [0.25, 0.3) is 11.0 Å². The number of ether oxygens (including phenoxy) is 1. The lowest BCUT2D eigenvalue weighted by molar-refractivity contribution is -0.132. The number of rotatable bonds is 7. The van der Waals surface area contributed by atoms with Gasteiger partial charge in [-0.3, -0.25) is 14.2 Å². The molecule has 2 N–H and O–H groups in total. The summed E-state index contributed by atoms with van der Waals surface area (Å²) in [5.41, 5.74) is 4.46. The molecular formula is C29H35N5O5. The van der Waals surface area contributed by atoms with Crippen LogP contribution in [0.3, 0.4) is 0 Å². The summed E-state index contributed by atoms with van der Waals surface area (Å²) in [4.78, 5) is 57.5. The number of aromatic amines is 1. The van der Waals surface area contributed by atoms with E-state index in [-0.39, 0.29) is 42.3 Å². The fourth-order valence-corrected chi connectivity index (χ4v) is 5.83. The first-order valence-electron chi connectivity index (χ1n) is 13.6. The Bertz CT molecular complexity index is 1480. The number of ketones is 1. The minimum atomic E-state index is -0.193. The number of carbonyl (C=O) groups excluding carboxylic acids is 3. The van der Waals surface area contributed by atoms with Gasteiger partial charge in [0.05, 0.1) is 18.1 Å². The molecule has 10 heteroatoms. The Labute approximate surface area is 226 Å². The van der Waals surface area contributed by atoms with E-state index in [1.807, 2.05) is 36.9 Å². The van der Waals surface area contributed by atoms with Gasteiger partial charge in [0, 0.05) is 56.3 Å². The van der Waals surface area contributed by atoms with Crippen molar-refractivity contribution in [1.82, 2.24) is 19.4 Å². The van der Waals surface area contributed by atoms with Crippen LogP contribution >= 0.6 is 0 Å². The zero-order valence-corrected chi connectivity index (χ0v) is 22.7. The van der Waals surface area contributed by atoms with Gasteiger partial charge < -0.3 is 24.8 Å². The van der Waals surface area contributed by atoms with Crippen molar-refractivity contribution in [3.05, 3.63) is 57.5 Å². The molecule has 0 unspecified atom stereocenters. The number of Topliss-reactive ketones (excluding diaryl/α,β-unsaturated/α-hetero) is 1. The number of aromatic nitrogens is 2. The molecule has 0 bridgehead atoms. The molecule has 2 aliphatic rings. The van der Waals surface area contributed by atoms with E-state index in [9.17, 15) is 19.2 Å². The molecule has 0 atom stereocenters. The highest BCUT2D eigenvalue weighted by Gasteiger charge is 2.31. The maximum absolute atomic E-state index is 12.9. The van der Waals surface area contributed by atoms with E-state index in [2.05, 4.69) is 10.3 Å². The largest absolute Gasteiger partial charge is 0.497 e. The van der Waals surface area contributed by atoms with E-state index >= 15 is 0 Å². The second kappa shape index (κ2) is 11.0. The monoisotopic (exact) mass is 533 g/mol. The Balaban J connectivity index is 1.15. The van der Waals surface area contributed by atoms with Gasteiger partial charge in [0.2, 0.25) is 5.91 Å². The molecule has 0 aliphatic carbocycles. The molecule has 0 radical (unpaired) electrons. The molecular weight excluding hydrogens is 498 g/mol. The maximum atomic E-state index is 12.9. The summed E-state index contributed by atoms with van der Waals surface area (Å²) < 4.78 is 6.97. The Morgan fingerprint density at radius 2 is 1.82 bits per heavy atom. The summed E-state index contributed by atoms with van der Waals surface area (Å²) in [5, 5.41) is 3.02. The van der Waals surface area contributed by atoms with Gasteiger partial charge >= 0.3 is 11.7 Å². The molecule has 3 aromatic rings. The predicted octanol–water partition coefficient (Wildman–Crippen LogP) is 3.71. The molecule has 10 nitrogen and oxygen atoms in total. The van der Waals surface area contributed by atoms with E-state index in [1.165, 1.54) is 0 Å². The summed E-state index contributed by atoms with van der Waals surface area (Å²) in [5.74, 6) is 0.596. The fraction of sp³-hybridized carbons (Fsp3) is 0.448. The Morgan fingerprint density at radius 3 is 2.54 bits per heavy atom. The first-order valence-corrected chi connectivity index (χ1v) is 13.6. The number of urea groups is 1. The molecule has 2 aliphatic heterocycles. The Kier molecular flexibility index (Phi) is 7.45. The SMILES string of the molecule is CCn1c(=O)[nH]c2cc(C(=O)CCC(=O)N3CCC(N4CCc5cc(OC)ccc5NC4=O)CC3)cc(C)c21. The number of anilines is 1. The standard InChI is InChI=1S/C29H35N5O5/c1-4-33-27-18(2)15-20(17-24(27)31-28(33)37)25(35)7-8-26(36)32-12-10-21(11-13-32)34-14-9-19-16-22(39-3)5-6-23(19)30-29(34)38/h5-6,15-17,21H,4,7-14H2,1-3H3,(H,30,38)(H,31,37). The van der Waals surface area contributed by atoms with Crippen molar-refractivity contribution >= 4 is 34.4 Å². The number of fused-ring (bicyclic) bond motifs is 2. The van der Waals surface area contributed by atoms with Crippen molar-refractivity contribution in [2.75, 3.05) is 32.1 Å². The number of benzene rings is 2. The molecule has 206 valence electrons. The van der Waals surface area contributed by atoms with Crippen LogP contribution in [0.1, 0.15) is 54.1 Å². The summed E-state index contributed by atoms with van der Waals surface area (Å²) in [6.07, 6.45) is 2.37. The van der Waals surface area contributed by atoms with E-state index in [4.69, 9.17) is 4.74 Å². The second-order valence-corrected chi connectivity index (χ2v) is 10.3. The summed E-state index contributed by atoms with van der Waals surface area (Å²) in [6, 6.07) is 9.11. The maximum Gasteiger partial charge on any atom is 0.326 e. The van der Waals surface area contributed by atoms with Crippen molar-refractivity contribution in [1.29, 1.82) is 0 Å². The van der Waals surface area contributed by atoms with Gasteiger partial charge in [-0.25, -0.2) is 9.59 Å². The normalized spacial score (nSPS) is 16.1. The quantitative estimate of drug-likeness (QED) is 0.449. The van der Waals surface area contributed by atoms with E-state index in [1.54, 1.807) is 28.7 Å². The number of piperidine rings is 1. The highest BCUT2D eigenvalue weighted by atomic mass is 16.5. The van der Waals surface area contributed by atoms with Crippen molar-refractivity contribution in [2.24, 2.45) is 0 Å². The van der Waals surface area contributed by atoms with Crippen LogP contribution in [0, 0.1) is 6.92 Å². The first kappa shape index (κ1) is 26.5. The average Bonchev–Trinajstić information content (AvgIpc) is 3.17. The number of nitrogens with one attached hydrogen (secondary N) is 2. The van der Waals surface area contributed by atoms with Crippen LogP contribution < -0.4 is 15.7 Å². The molecule has 1 fully saturated rings. The topological polar surface area (TPSA) is 117 Å². The van der Waals surface area contributed by atoms with Gasteiger partial charge in [0.1, 0.15) is 5.75 Å². The van der Waals surface area contributed by atoms with E-state index < -0.39 is 0 Å². The third-order valence-electron chi connectivity index (χ3n) is 7.96. The minimum absolute atomic E-state index is 0.0510. The number of amides is 3. The van der Waals surface area contributed by atoms with Crippen LogP contribution in [0.15, 0.2) is 35.1 Å². The van der Waals surface area contributed by atoms with Gasteiger partial charge in [-0.15, -0.1) is 0 Å². The molecule has 3 heterocycles. The minimum Gasteiger partial charge on any atom is -0.497 e. The highest BCUT2D eigenvalue weighted by molar-refractivity contribution is 6.01. The van der Waals surface area contributed by atoms with Crippen LogP contribution in [-0.2, 0) is 17.8 Å². The van der Waals surface area contributed by atoms with Crippen LogP contribution in [0.5, 0.6) is 5.75 Å². The number of aryl methyl sites for hydroxylation is 2. The zero-order valence-electron chi connectivity index (χ0n) is 22.7. The third kappa shape index (κ3) is 5.28. The lowest BCUT2D eigenvalue weighted by atomic mass is 10.0. The van der Waals surface area contributed by atoms with Gasteiger partial charge in [0.15, 0.2) is 5.78 Å². The number of imidazole rings is 1. The molecule has 0 saturated carbocycles. The summed E-state index contributed by atoms with van der Waals surface area (Å²) >= 11 is 0. The highest BCUT2D eigenvalue weighted by Crippen LogP contribution is 2.28. The van der Waals surface area contributed by atoms with Crippen molar-refractivity contribution in [2.45, 2.75) is 58.5 Å². The molecule has 39 heavy (non-hydrogen) atoms. The number of hydrogen-bond donors (Lipinski definition) is 2. The third-order valence-corrected chi connectivity index (χ3v) is 7.96. The Morgan fingerprint density at radius 1 is 1.05 bits per heavy atom. The number of carbonyl (C=O) groups is 3. The average molecular weight is 534 g/mol. The smallest absolute Gasteiger partial charge is 0.326 e. The Hall–Kier alpha value is -4.08. The molecule has 1 saturated heterocycles. The number of methoxy groups -OCH3 is 1. The van der Waals surface area contributed by atoms with Crippen molar-refractivity contribution in [3.63, 3.8) is 0 Å². The van der Waals surface area contributed by atoms with Crippen LogP contribution in [0.2, 0.25) is 0 Å². The number of likely N-dealkylation sites (tertiary alicyclic amines) is 1. The second-order valence-electron chi connectivity index (χ2n) is 10.3. The van der Waals surface area contributed by atoms with Gasteiger partial charge in [-0.05, 0) is 74.6 Å². The van der Waals surface area contributed by atoms with Crippen LogP contribution in [0.4, 0.5) is 10.5 Å². The number of nitrogens with zero attached hydrogens (tertiary/aromatic N) is 3. The summed E-state index contributed by atoms with van der Waals surface area (Å²) in [6.45, 7) is 6.05. The molecule has 0 spiro atoms. The fourth-order valence-electron chi connectivity index (χ4n) is 5.83. The van der Waals surface area contributed by atoms with Gasteiger partial charge in [-0.1, -0.05) is 0 Å². The summed E-state index contributed by atoms with van der Waals surface area (Å²) in [7, 11) is 1.63. The van der Waals surface area contributed by atoms with E-state index in [0.717, 1.165) is 34.5 Å². The first-order chi connectivity index (χ1) is 18.8. The lowest BCUT2D eigenvalue weighted by Crippen LogP contribution is -2.50. The molecule has 2 aromatic carbocycles. The number of hydrogen-bond acceptors (Lipinski definition) is 5. The molecule has 1 aromatic heterocycles. The lowest BCUT2D eigenvalue weighted by Gasteiger charge is -2.38. The van der Waals surface area contributed by atoms with Crippen LogP contribution in [-0.4, -0.2) is 69.9 Å². The molecule has 5 rings (SSSR count). The van der Waals surface area contributed by atoms with Crippen molar-refractivity contribution < 1.29 is 19.1 Å². The van der Waals surface area contributed by atoms with Gasteiger partial charge in [-0.2, -0.15) is 0 Å².